The molecule has 0 spiro atoms. The van der Waals surface area contributed by atoms with Crippen molar-refractivity contribution in [2.45, 2.75) is 16.7 Å². The molecule has 3 aromatic heterocycles. The van der Waals surface area contributed by atoms with Gasteiger partial charge in [0.1, 0.15) is 7.05 Å². The molecule has 0 fully saturated rings. The Morgan fingerprint density at radius 1 is 1.04 bits per heavy atom. The average Bonchev–Trinajstić information content (AvgIpc) is 3.18. The maximum atomic E-state index is 5.78. The molecule has 0 radical (unpaired) electrons. The molecule has 4 heteroatoms. The summed E-state index contributed by atoms with van der Waals surface area (Å²) < 4.78 is 10.6. The van der Waals surface area contributed by atoms with Crippen LogP contribution in [0.5, 0.6) is 0 Å². The molecule has 0 N–H and O–H groups in total. The number of rotatable bonds is 0. The number of hydrogen-bond acceptors (Lipinski definition) is 3. The smallest absolute Gasteiger partial charge is 0.222 e. The lowest BCUT2D eigenvalue weighted by molar-refractivity contribution is -0.659. The van der Waals surface area contributed by atoms with E-state index in [1.807, 2.05) is 23.1 Å². The van der Waals surface area contributed by atoms with Crippen molar-refractivity contribution in [1.29, 1.82) is 0 Å². The lowest BCUT2D eigenvalue weighted by atomic mass is 9.98. The first-order valence-electron chi connectivity index (χ1n) is 8.25. The van der Waals surface area contributed by atoms with Gasteiger partial charge in [0, 0.05) is 31.3 Å². The third-order valence-corrected chi connectivity index (χ3v) is 7.40. The maximum absolute atomic E-state index is 5.78. The predicted molar refractivity (Wildman–Crippen MR) is 105 cm³/mol. The molecule has 0 amide bonds. The normalized spacial score (nSPS) is 13.0. The Morgan fingerprint density at radius 3 is 2.88 bits per heavy atom. The molecular formula is C21H14NOS2+. The fourth-order valence-electron chi connectivity index (χ4n) is 3.99. The molecule has 6 rings (SSSR count). The summed E-state index contributed by atoms with van der Waals surface area (Å²) in [4.78, 5) is 2.66. The van der Waals surface area contributed by atoms with Crippen molar-refractivity contribution >= 4 is 54.2 Å². The molecule has 2 aromatic carbocycles. The number of fused-ring (bicyclic) bond motifs is 6. The van der Waals surface area contributed by atoms with Gasteiger partial charge >= 0.3 is 0 Å². The first kappa shape index (κ1) is 13.9. The first-order valence-corrected chi connectivity index (χ1v) is 9.88. The summed E-state index contributed by atoms with van der Waals surface area (Å²) in [6, 6.07) is 13.2. The van der Waals surface area contributed by atoms with E-state index in [0.717, 1.165) is 5.58 Å². The van der Waals surface area contributed by atoms with Gasteiger partial charge in [0.25, 0.3) is 0 Å². The molecular weight excluding hydrogens is 346 g/mol. The summed E-state index contributed by atoms with van der Waals surface area (Å²) in [5.74, 6) is 0. The second kappa shape index (κ2) is 4.65. The zero-order chi connectivity index (χ0) is 16.7. The second-order valence-corrected chi connectivity index (χ2v) is 8.72. The Kier molecular flexibility index (Phi) is 2.59. The molecule has 0 saturated heterocycles. The van der Waals surface area contributed by atoms with Crippen molar-refractivity contribution in [3.05, 3.63) is 54.4 Å². The van der Waals surface area contributed by atoms with Crippen molar-refractivity contribution < 1.29 is 8.98 Å². The van der Waals surface area contributed by atoms with Crippen LogP contribution >= 0.6 is 23.1 Å². The lowest BCUT2D eigenvalue weighted by Gasteiger charge is -2.19. The van der Waals surface area contributed by atoms with E-state index in [0.29, 0.717) is 0 Å². The number of aromatic nitrogens is 1. The quantitative estimate of drug-likeness (QED) is 0.306. The molecule has 0 aliphatic carbocycles. The zero-order valence-corrected chi connectivity index (χ0v) is 15.4. The Hall–Kier alpha value is -2.30. The monoisotopic (exact) mass is 360 g/mol. The van der Waals surface area contributed by atoms with Crippen LogP contribution in [0.4, 0.5) is 0 Å². The Balaban J connectivity index is 1.89. The van der Waals surface area contributed by atoms with Crippen LogP contribution in [0, 0.1) is 6.92 Å². The number of hydrogen-bond donors (Lipinski definition) is 0. The van der Waals surface area contributed by atoms with Crippen LogP contribution in [0.2, 0.25) is 0 Å². The van der Waals surface area contributed by atoms with Gasteiger partial charge in [-0.2, -0.15) is 0 Å². The highest BCUT2D eigenvalue weighted by molar-refractivity contribution is 7.99. The van der Waals surface area contributed by atoms with Crippen LogP contribution in [0.25, 0.3) is 42.4 Å². The Labute approximate surface area is 152 Å². The van der Waals surface area contributed by atoms with Crippen LogP contribution in [0.1, 0.15) is 5.56 Å². The van der Waals surface area contributed by atoms with E-state index in [4.69, 9.17) is 4.42 Å². The zero-order valence-electron chi connectivity index (χ0n) is 13.8. The summed E-state index contributed by atoms with van der Waals surface area (Å²) in [5, 5.41) is 3.93. The summed E-state index contributed by atoms with van der Waals surface area (Å²) in [5.41, 5.74) is 5.04. The molecule has 120 valence electrons. The number of thiophene rings is 1. The van der Waals surface area contributed by atoms with Crippen LogP contribution in [-0.2, 0) is 7.05 Å². The van der Waals surface area contributed by atoms with Gasteiger partial charge in [0.05, 0.1) is 21.9 Å². The second-order valence-electron chi connectivity index (χ2n) is 6.58. The number of nitrogens with zero attached hydrogens (tertiary/aromatic N) is 1. The highest BCUT2D eigenvalue weighted by atomic mass is 32.2. The molecule has 25 heavy (non-hydrogen) atoms. The number of pyridine rings is 1. The van der Waals surface area contributed by atoms with Crippen molar-refractivity contribution in [2.75, 3.05) is 0 Å². The molecule has 4 heterocycles. The summed E-state index contributed by atoms with van der Waals surface area (Å²) >= 11 is 3.71. The topological polar surface area (TPSA) is 17.0 Å². The maximum Gasteiger partial charge on any atom is 0.222 e. The molecule has 0 atom stereocenters. The molecule has 0 saturated carbocycles. The van der Waals surface area contributed by atoms with Crippen LogP contribution in [0.3, 0.4) is 0 Å². The average molecular weight is 360 g/mol. The minimum absolute atomic E-state index is 1.02. The third-order valence-electron chi connectivity index (χ3n) is 5.11. The van der Waals surface area contributed by atoms with Crippen molar-refractivity contribution in [3.63, 3.8) is 0 Å². The van der Waals surface area contributed by atoms with Gasteiger partial charge in [-0.1, -0.05) is 23.9 Å². The molecule has 2 nitrogen and oxygen atoms in total. The highest BCUT2D eigenvalue weighted by Gasteiger charge is 2.29. The summed E-state index contributed by atoms with van der Waals surface area (Å²) in [7, 11) is 2.15. The van der Waals surface area contributed by atoms with E-state index < -0.39 is 0 Å². The van der Waals surface area contributed by atoms with E-state index in [1.165, 1.54) is 52.2 Å². The fourth-order valence-corrected chi connectivity index (χ4v) is 6.36. The van der Waals surface area contributed by atoms with Gasteiger partial charge < -0.3 is 4.42 Å². The van der Waals surface area contributed by atoms with E-state index in [1.54, 1.807) is 6.26 Å². The Bertz CT molecular complexity index is 1340. The standard InChI is InChI=1S/C21H14NOS2/c1-11-4-3-5-14-17(11)19-18-12(6-8-22(19)2)21-13(10-16(18)24-14)20-15(25-21)7-9-23-20/h3-10H,1-2H3/q+1. The van der Waals surface area contributed by atoms with Gasteiger partial charge in [0.15, 0.2) is 11.8 Å². The van der Waals surface area contributed by atoms with Gasteiger partial charge in [-0.15, -0.1) is 11.3 Å². The first-order chi connectivity index (χ1) is 12.2. The third kappa shape index (κ3) is 1.68. The van der Waals surface area contributed by atoms with E-state index in [-0.39, 0.29) is 0 Å². The van der Waals surface area contributed by atoms with Crippen molar-refractivity contribution in [3.8, 4) is 11.3 Å². The minimum atomic E-state index is 1.02. The van der Waals surface area contributed by atoms with E-state index in [2.05, 4.69) is 61.1 Å². The molecule has 0 unspecified atom stereocenters. The largest absolute Gasteiger partial charge is 0.463 e. The molecule has 0 bridgehead atoms. The fraction of sp³-hybridized carbons (Fsp3) is 0.0952. The van der Waals surface area contributed by atoms with Gasteiger partial charge in [-0.3, -0.25) is 0 Å². The van der Waals surface area contributed by atoms with Crippen LogP contribution in [-0.4, -0.2) is 0 Å². The van der Waals surface area contributed by atoms with Gasteiger partial charge in [-0.25, -0.2) is 4.57 Å². The number of benzene rings is 2. The Morgan fingerprint density at radius 2 is 1.96 bits per heavy atom. The SMILES string of the molecule is Cc1cccc2c1-c1c3c(cc4c5occc5sc4c3cc[n+]1C)S2. The molecule has 1 aliphatic rings. The van der Waals surface area contributed by atoms with Crippen molar-refractivity contribution in [2.24, 2.45) is 7.05 Å². The molecule has 5 aromatic rings. The van der Waals surface area contributed by atoms with Crippen molar-refractivity contribution in [1.82, 2.24) is 0 Å². The van der Waals surface area contributed by atoms with Gasteiger partial charge in [-0.05, 0) is 30.7 Å². The number of aryl methyl sites for hydroxylation is 2. The summed E-state index contributed by atoms with van der Waals surface area (Å²) in [6.45, 7) is 2.21. The van der Waals surface area contributed by atoms with Crippen LogP contribution < -0.4 is 4.57 Å². The lowest BCUT2D eigenvalue weighted by Crippen LogP contribution is -2.31. The molecule has 1 aliphatic heterocycles. The summed E-state index contributed by atoms with van der Waals surface area (Å²) in [6.07, 6.45) is 3.98. The van der Waals surface area contributed by atoms with E-state index in [9.17, 15) is 0 Å². The predicted octanol–water partition coefficient (Wildman–Crippen LogP) is 6.07. The highest BCUT2D eigenvalue weighted by Crippen LogP contribution is 2.51. The van der Waals surface area contributed by atoms with Crippen LogP contribution in [0.15, 0.2) is 63.1 Å². The van der Waals surface area contributed by atoms with Gasteiger partial charge in [0.2, 0.25) is 5.69 Å². The van der Waals surface area contributed by atoms with E-state index >= 15 is 0 Å². The number of furan rings is 1. The minimum Gasteiger partial charge on any atom is -0.463 e.